The maximum absolute atomic E-state index is 11.9. The first-order valence-corrected chi connectivity index (χ1v) is 7.93. The Morgan fingerprint density at radius 1 is 1.26 bits per heavy atom. The standard InChI is InChI=1S/C15H29N3O/c1-2-7-17-15(19)8-14(9-16)18(10-12-3-4-12)11-13-5-6-13/h12-14H,2-11,16H2,1H3,(H,17,19). The van der Waals surface area contributed by atoms with Crippen molar-refractivity contribution >= 4 is 5.91 Å². The van der Waals surface area contributed by atoms with Crippen molar-refractivity contribution in [2.75, 3.05) is 26.2 Å². The maximum Gasteiger partial charge on any atom is 0.221 e. The van der Waals surface area contributed by atoms with Crippen LogP contribution in [0.4, 0.5) is 0 Å². The normalized spacial score (nSPS) is 20.6. The molecule has 0 heterocycles. The van der Waals surface area contributed by atoms with Crippen molar-refractivity contribution in [2.24, 2.45) is 17.6 Å². The minimum absolute atomic E-state index is 0.161. The molecule has 19 heavy (non-hydrogen) atoms. The Kier molecular flexibility index (Phi) is 5.64. The van der Waals surface area contributed by atoms with Crippen LogP contribution in [-0.4, -0.2) is 43.0 Å². The van der Waals surface area contributed by atoms with Crippen LogP contribution in [0.5, 0.6) is 0 Å². The summed E-state index contributed by atoms with van der Waals surface area (Å²) >= 11 is 0. The minimum Gasteiger partial charge on any atom is -0.356 e. The van der Waals surface area contributed by atoms with Gasteiger partial charge in [0.1, 0.15) is 0 Å². The number of nitrogens with zero attached hydrogens (tertiary/aromatic N) is 1. The summed E-state index contributed by atoms with van der Waals surface area (Å²) < 4.78 is 0. The topological polar surface area (TPSA) is 58.4 Å². The first-order valence-electron chi connectivity index (χ1n) is 7.93. The van der Waals surface area contributed by atoms with Crippen LogP contribution in [0, 0.1) is 11.8 Å². The number of carbonyl (C=O) groups is 1. The number of nitrogens with one attached hydrogen (secondary N) is 1. The van der Waals surface area contributed by atoms with Crippen LogP contribution in [0.2, 0.25) is 0 Å². The monoisotopic (exact) mass is 267 g/mol. The van der Waals surface area contributed by atoms with Gasteiger partial charge in [-0.25, -0.2) is 0 Å². The van der Waals surface area contributed by atoms with Gasteiger partial charge in [-0.05, 0) is 43.9 Å². The highest BCUT2D eigenvalue weighted by atomic mass is 16.1. The van der Waals surface area contributed by atoms with Crippen LogP contribution in [0.25, 0.3) is 0 Å². The molecule has 0 radical (unpaired) electrons. The Morgan fingerprint density at radius 3 is 2.26 bits per heavy atom. The Bertz CT molecular complexity index is 273. The summed E-state index contributed by atoms with van der Waals surface area (Å²) in [7, 11) is 0. The summed E-state index contributed by atoms with van der Waals surface area (Å²) in [6.07, 6.45) is 7.00. The van der Waals surface area contributed by atoms with Gasteiger partial charge in [0.2, 0.25) is 5.91 Å². The summed E-state index contributed by atoms with van der Waals surface area (Å²) in [4.78, 5) is 14.4. The number of rotatable bonds is 10. The van der Waals surface area contributed by atoms with Gasteiger partial charge in [0.25, 0.3) is 0 Å². The lowest BCUT2D eigenvalue weighted by atomic mass is 10.1. The van der Waals surface area contributed by atoms with Gasteiger partial charge < -0.3 is 11.1 Å². The molecule has 2 saturated carbocycles. The van der Waals surface area contributed by atoms with Crippen molar-refractivity contribution in [3.63, 3.8) is 0 Å². The fourth-order valence-electron chi connectivity index (χ4n) is 2.55. The SMILES string of the molecule is CCCNC(=O)CC(CN)N(CC1CC1)CC1CC1. The van der Waals surface area contributed by atoms with E-state index in [0.29, 0.717) is 13.0 Å². The summed E-state index contributed by atoms with van der Waals surface area (Å²) in [5.41, 5.74) is 5.92. The van der Waals surface area contributed by atoms with Gasteiger partial charge in [-0.3, -0.25) is 9.69 Å². The Hall–Kier alpha value is -0.610. The molecule has 2 aliphatic carbocycles. The molecular weight excluding hydrogens is 238 g/mol. The van der Waals surface area contributed by atoms with Crippen LogP contribution in [0.15, 0.2) is 0 Å². The molecular formula is C15H29N3O. The van der Waals surface area contributed by atoms with E-state index in [1.54, 1.807) is 0 Å². The zero-order valence-corrected chi connectivity index (χ0v) is 12.2. The lowest BCUT2D eigenvalue weighted by Crippen LogP contribution is -2.45. The molecule has 0 saturated heterocycles. The highest BCUT2D eigenvalue weighted by Gasteiger charge is 2.32. The van der Waals surface area contributed by atoms with E-state index in [1.165, 1.54) is 25.7 Å². The molecule has 2 fully saturated rings. The number of carbonyl (C=O) groups excluding carboxylic acids is 1. The van der Waals surface area contributed by atoms with Crippen LogP contribution in [-0.2, 0) is 4.79 Å². The Morgan fingerprint density at radius 2 is 1.84 bits per heavy atom. The van der Waals surface area contributed by atoms with E-state index in [-0.39, 0.29) is 11.9 Å². The van der Waals surface area contributed by atoms with E-state index in [2.05, 4.69) is 17.1 Å². The zero-order chi connectivity index (χ0) is 13.7. The number of amides is 1. The van der Waals surface area contributed by atoms with E-state index in [4.69, 9.17) is 5.73 Å². The number of hydrogen-bond acceptors (Lipinski definition) is 3. The second-order valence-electron chi connectivity index (χ2n) is 6.28. The molecule has 1 atom stereocenters. The van der Waals surface area contributed by atoms with Gasteiger partial charge in [-0.15, -0.1) is 0 Å². The van der Waals surface area contributed by atoms with Crippen molar-refractivity contribution in [1.82, 2.24) is 10.2 Å². The quantitative estimate of drug-likeness (QED) is 0.628. The average Bonchev–Trinajstić information content (AvgIpc) is 3.28. The third kappa shape index (κ3) is 5.49. The summed E-state index contributed by atoms with van der Waals surface area (Å²) in [5.74, 6) is 1.90. The molecule has 0 aliphatic heterocycles. The summed E-state index contributed by atoms with van der Waals surface area (Å²) in [6, 6.07) is 0.234. The van der Waals surface area contributed by atoms with Gasteiger partial charge in [-0.2, -0.15) is 0 Å². The minimum atomic E-state index is 0.161. The van der Waals surface area contributed by atoms with E-state index in [0.717, 1.165) is 37.9 Å². The maximum atomic E-state index is 11.9. The van der Waals surface area contributed by atoms with E-state index in [9.17, 15) is 4.79 Å². The molecule has 3 N–H and O–H groups in total. The van der Waals surface area contributed by atoms with Crippen LogP contribution in [0.1, 0.15) is 45.4 Å². The number of hydrogen-bond donors (Lipinski definition) is 2. The lowest BCUT2D eigenvalue weighted by molar-refractivity contribution is -0.122. The van der Waals surface area contributed by atoms with Crippen LogP contribution >= 0.6 is 0 Å². The third-order valence-electron chi connectivity index (χ3n) is 4.16. The third-order valence-corrected chi connectivity index (χ3v) is 4.16. The molecule has 2 rings (SSSR count). The Labute approximate surface area is 117 Å². The van der Waals surface area contributed by atoms with E-state index >= 15 is 0 Å². The number of nitrogens with two attached hydrogens (primary N) is 1. The van der Waals surface area contributed by atoms with Crippen LogP contribution in [0.3, 0.4) is 0 Å². The molecule has 4 heteroatoms. The smallest absolute Gasteiger partial charge is 0.221 e. The molecule has 0 spiro atoms. The highest BCUT2D eigenvalue weighted by Crippen LogP contribution is 2.34. The molecule has 0 aromatic carbocycles. The van der Waals surface area contributed by atoms with Gasteiger partial charge in [0, 0.05) is 38.6 Å². The molecule has 1 amide bonds. The van der Waals surface area contributed by atoms with Crippen molar-refractivity contribution in [3.05, 3.63) is 0 Å². The largest absolute Gasteiger partial charge is 0.356 e. The van der Waals surface area contributed by atoms with Gasteiger partial charge in [0.15, 0.2) is 0 Å². The molecule has 1 unspecified atom stereocenters. The highest BCUT2D eigenvalue weighted by molar-refractivity contribution is 5.76. The first kappa shape index (κ1) is 14.8. The van der Waals surface area contributed by atoms with Crippen molar-refractivity contribution in [2.45, 2.75) is 51.5 Å². The molecule has 2 aliphatic rings. The zero-order valence-electron chi connectivity index (χ0n) is 12.2. The van der Waals surface area contributed by atoms with Crippen molar-refractivity contribution < 1.29 is 4.79 Å². The van der Waals surface area contributed by atoms with Crippen molar-refractivity contribution in [3.8, 4) is 0 Å². The van der Waals surface area contributed by atoms with E-state index < -0.39 is 0 Å². The lowest BCUT2D eigenvalue weighted by Gasteiger charge is -2.30. The average molecular weight is 267 g/mol. The molecule has 0 bridgehead atoms. The Balaban J connectivity index is 1.81. The van der Waals surface area contributed by atoms with Crippen molar-refractivity contribution in [1.29, 1.82) is 0 Å². The second-order valence-corrected chi connectivity index (χ2v) is 6.28. The fourth-order valence-corrected chi connectivity index (χ4v) is 2.55. The molecule has 4 nitrogen and oxygen atoms in total. The fraction of sp³-hybridized carbons (Fsp3) is 0.933. The van der Waals surface area contributed by atoms with Crippen LogP contribution < -0.4 is 11.1 Å². The molecule has 0 aromatic rings. The molecule has 110 valence electrons. The predicted molar refractivity (Wildman–Crippen MR) is 77.8 cm³/mol. The summed E-state index contributed by atoms with van der Waals surface area (Å²) in [5, 5.41) is 2.97. The van der Waals surface area contributed by atoms with Gasteiger partial charge in [0.05, 0.1) is 0 Å². The van der Waals surface area contributed by atoms with Gasteiger partial charge in [-0.1, -0.05) is 6.92 Å². The predicted octanol–water partition coefficient (Wildman–Crippen LogP) is 1.35. The van der Waals surface area contributed by atoms with Gasteiger partial charge >= 0.3 is 0 Å². The molecule has 0 aromatic heterocycles. The first-order chi connectivity index (χ1) is 9.22. The second kappa shape index (κ2) is 7.25. The van der Waals surface area contributed by atoms with E-state index in [1.807, 2.05) is 0 Å². The summed E-state index contributed by atoms with van der Waals surface area (Å²) in [6.45, 7) is 5.76.